The summed E-state index contributed by atoms with van der Waals surface area (Å²) in [6.45, 7) is 20.2. The molecule has 8 rings (SSSR count). The zero-order valence-corrected chi connectivity index (χ0v) is 36.7. The Labute approximate surface area is 348 Å². The van der Waals surface area contributed by atoms with E-state index in [0.717, 1.165) is 33.4 Å². The van der Waals surface area contributed by atoms with Crippen LogP contribution in [-0.2, 0) is 42.0 Å². The van der Waals surface area contributed by atoms with Gasteiger partial charge in [-0.05, 0) is 75.3 Å². The van der Waals surface area contributed by atoms with Crippen molar-refractivity contribution in [1.82, 2.24) is 9.55 Å². The van der Waals surface area contributed by atoms with Crippen molar-refractivity contribution in [3.05, 3.63) is 131 Å². The van der Waals surface area contributed by atoms with Gasteiger partial charge >= 0.3 is 21.1 Å². The van der Waals surface area contributed by atoms with Gasteiger partial charge in [-0.2, -0.15) is 6.07 Å². The van der Waals surface area contributed by atoms with Crippen LogP contribution in [0.5, 0.6) is 11.5 Å². The normalized spacial score (nSPS) is 18.1. The van der Waals surface area contributed by atoms with Crippen LogP contribution in [0.4, 0.5) is 0 Å². The Bertz CT molecular complexity index is 2380. The number of aromatic nitrogens is 2. The number of ether oxygens (including phenoxy) is 2. The minimum Gasteiger partial charge on any atom is -0.510 e. The molecule has 0 amide bonds. The minimum atomic E-state index is -0.142. The Morgan fingerprint density at radius 2 is 1.38 bits per heavy atom. The van der Waals surface area contributed by atoms with Crippen LogP contribution in [0.15, 0.2) is 96.1 Å². The van der Waals surface area contributed by atoms with Gasteiger partial charge in [0.05, 0.1) is 6.04 Å². The summed E-state index contributed by atoms with van der Waals surface area (Å²) >= 11 is 0. The molecule has 6 aromatic rings. The van der Waals surface area contributed by atoms with E-state index in [1.54, 1.807) is 0 Å². The Balaban J connectivity index is 0.00000480. The first-order valence-corrected chi connectivity index (χ1v) is 20.2. The SMILES string of the molecule is CC(C)(C)c1cc(Oc2[c-]c3c(cc2)c2cc(C(C)(C)C)ccc2n3-c2cc(C(C)(C)C)ccn2)[c-]c(C2=N[C@H](C3CCCCC3)[C@@H](c3ccccc3)O2)c1.[Pt+2]. The maximum Gasteiger partial charge on any atom is 2.00 e. The van der Waals surface area contributed by atoms with Gasteiger partial charge in [0.15, 0.2) is 0 Å². The van der Waals surface area contributed by atoms with Gasteiger partial charge in [0.1, 0.15) is 17.8 Å². The average Bonchev–Trinajstić information content (AvgIpc) is 3.74. The van der Waals surface area contributed by atoms with Gasteiger partial charge in [-0.3, -0.25) is 4.99 Å². The van der Waals surface area contributed by atoms with Crippen molar-refractivity contribution >= 4 is 27.7 Å². The third-order valence-corrected chi connectivity index (χ3v) is 11.6. The minimum absolute atomic E-state index is 0. The predicted octanol–water partition coefficient (Wildman–Crippen LogP) is 12.9. The maximum absolute atomic E-state index is 6.84. The molecule has 0 saturated heterocycles. The van der Waals surface area contributed by atoms with Crippen LogP contribution >= 0.6 is 0 Å². The molecule has 2 aromatic heterocycles. The molecule has 6 heteroatoms. The molecule has 0 spiro atoms. The quantitative estimate of drug-likeness (QED) is 0.156. The van der Waals surface area contributed by atoms with Gasteiger partial charge in [-0.15, -0.1) is 29.1 Å². The third kappa shape index (κ3) is 7.99. The second kappa shape index (κ2) is 15.3. The van der Waals surface area contributed by atoms with Gasteiger partial charge in [0.25, 0.3) is 0 Å². The first-order chi connectivity index (χ1) is 26.1. The van der Waals surface area contributed by atoms with Crippen molar-refractivity contribution < 1.29 is 30.5 Å². The summed E-state index contributed by atoms with van der Waals surface area (Å²) < 4.78 is 15.8. The number of hydrogen-bond acceptors (Lipinski definition) is 4. The zero-order chi connectivity index (χ0) is 38.7. The smallest absolute Gasteiger partial charge is 0.510 e. The molecule has 0 N–H and O–H groups in total. The van der Waals surface area contributed by atoms with Crippen LogP contribution in [0.25, 0.3) is 27.6 Å². The summed E-state index contributed by atoms with van der Waals surface area (Å²) in [6.07, 6.45) is 8.01. The van der Waals surface area contributed by atoms with E-state index in [1.807, 2.05) is 12.3 Å². The van der Waals surface area contributed by atoms with Gasteiger partial charge < -0.3 is 14.0 Å². The van der Waals surface area contributed by atoms with Crippen LogP contribution in [0, 0.1) is 18.1 Å². The standard InChI is InChI=1S/C50H55N3O2.Pt/c1-48(2,3)35-20-23-42-41(29-35)40-22-21-38(31-43(40)53(42)44-30-36(24-25-51-44)49(4,5)6)54-39-27-34(26-37(28-39)50(7,8)9)47-52-45(32-16-12-10-13-17-32)46(55-47)33-18-14-11-15-19-33;/h11,14-15,18-26,28-30,32,45-46H,10,12-13,16-17H2,1-9H3;/q-2;+2/t45-,46-;/m1./s1. The summed E-state index contributed by atoms with van der Waals surface area (Å²) in [5.41, 5.74) is 7.51. The van der Waals surface area contributed by atoms with Crippen LogP contribution in [-0.4, -0.2) is 21.5 Å². The molecule has 0 bridgehead atoms. The molecule has 0 radical (unpaired) electrons. The Morgan fingerprint density at radius 3 is 2.07 bits per heavy atom. The Morgan fingerprint density at radius 1 is 0.679 bits per heavy atom. The molecule has 2 aliphatic rings. The summed E-state index contributed by atoms with van der Waals surface area (Å²) in [5, 5.41) is 2.28. The number of nitrogens with zero attached hydrogens (tertiary/aromatic N) is 3. The van der Waals surface area contributed by atoms with Crippen molar-refractivity contribution in [3.8, 4) is 17.3 Å². The third-order valence-electron chi connectivity index (χ3n) is 11.6. The molecule has 2 atom stereocenters. The van der Waals surface area contributed by atoms with E-state index in [0.29, 0.717) is 23.3 Å². The first kappa shape index (κ1) is 40.0. The molecule has 0 unspecified atom stereocenters. The van der Waals surface area contributed by atoms with E-state index in [9.17, 15) is 0 Å². The monoisotopic (exact) mass is 924 g/mol. The summed E-state index contributed by atoms with van der Waals surface area (Å²) in [5.74, 6) is 3.25. The number of benzene rings is 4. The molecule has 1 aliphatic heterocycles. The second-order valence-corrected chi connectivity index (χ2v) is 18.8. The van der Waals surface area contributed by atoms with Gasteiger partial charge in [-0.1, -0.05) is 147 Å². The van der Waals surface area contributed by atoms with E-state index in [1.165, 1.54) is 54.2 Å². The van der Waals surface area contributed by atoms with Crippen LogP contribution in [0.2, 0.25) is 0 Å². The number of aliphatic imine (C=N–C) groups is 1. The number of pyridine rings is 1. The fourth-order valence-corrected chi connectivity index (χ4v) is 8.25. The number of hydrogen-bond donors (Lipinski definition) is 0. The molecule has 56 heavy (non-hydrogen) atoms. The van der Waals surface area contributed by atoms with Crippen LogP contribution in [0.1, 0.15) is 128 Å². The molecule has 5 nitrogen and oxygen atoms in total. The fraction of sp³-hybridized carbons (Fsp3) is 0.400. The topological polar surface area (TPSA) is 48.6 Å². The number of rotatable bonds is 6. The van der Waals surface area contributed by atoms with Crippen molar-refractivity contribution in [2.24, 2.45) is 10.9 Å². The first-order valence-electron chi connectivity index (χ1n) is 20.2. The molecular weight excluding hydrogens is 870 g/mol. The molecular formula is C50H55N3O2Pt. The molecule has 292 valence electrons. The molecule has 4 aromatic carbocycles. The van der Waals surface area contributed by atoms with Crippen molar-refractivity contribution in [2.45, 2.75) is 123 Å². The van der Waals surface area contributed by atoms with E-state index in [4.69, 9.17) is 19.5 Å². The fourth-order valence-electron chi connectivity index (χ4n) is 8.25. The molecule has 1 fully saturated rings. The summed E-state index contributed by atoms with van der Waals surface area (Å²) in [7, 11) is 0. The van der Waals surface area contributed by atoms with E-state index in [2.05, 4.69) is 158 Å². The van der Waals surface area contributed by atoms with Crippen molar-refractivity contribution in [2.75, 3.05) is 0 Å². The van der Waals surface area contributed by atoms with Crippen LogP contribution < -0.4 is 4.74 Å². The second-order valence-electron chi connectivity index (χ2n) is 18.8. The number of fused-ring (bicyclic) bond motifs is 3. The predicted molar refractivity (Wildman–Crippen MR) is 226 cm³/mol. The molecule has 1 aliphatic carbocycles. The largest absolute Gasteiger partial charge is 2.00 e. The van der Waals surface area contributed by atoms with E-state index < -0.39 is 0 Å². The molecule has 3 heterocycles. The molecule has 1 saturated carbocycles. The van der Waals surface area contributed by atoms with E-state index >= 15 is 0 Å². The van der Waals surface area contributed by atoms with Gasteiger partial charge in [0, 0.05) is 23.2 Å². The van der Waals surface area contributed by atoms with Crippen molar-refractivity contribution in [1.29, 1.82) is 0 Å². The van der Waals surface area contributed by atoms with Gasteiger partial charge in [0.2, 0.25) is 0 Å². The zero-order valence-electron chi connectivity index (χ0n) is 34.4. The van der Waals surface area contributed by atoms with Gasteiger partial charge in [-0.25, -0.2) is 4.98 Å². The summed E-state index contributed by atoms with van der Waals surface area (Å²) in [6, 6.07) is 37.6. The Hall–Kier alpha value is -4.21. The average molecular weight is 925 g/mol. The Kier molecular flexibility index (Phi) is 10.9. The maximum atomic E-state index is 6.84. The van der Waals surface area contributed by atoms with Crippen LogP contribution in [0.3, 0.4) is 0 Å². The van der Waals surface area contributed by atoms with E-state index in [-0.39, 0.29) is 49.5 Å². The summed E-state index contributed by atoms with van der Waals surface area (Å²) in [4.78, 5) is 10.3. The van der Waals surface area contributed by atoms with Crippen molar-refractivity contribution in [3.63, 3.8) is 0 Å².